The average molecular weight is 275 g/mol. The highest BCUT2D eigenvalue weighted by atomic mass is 16.5. The Morgan fingerprint density at radius 3 is 2.80 bits per heavy atom. The molecule has 1 spiro atoms. The predicted molar refractivity (Wildman–Crippen MR) is 73.7 cm³/mol. The maximum absolute atomic E-state index is 12.3. The molecule has 6 heteroatoms. The highest BCUT2D eigenvalue weighted by Gasteiger charge is 2.40. The lowest BCUT2D eigenvalue weighted by Gasteiger charge is -2.41. The van der Waals surface area contributed by atoms with Gasteiger partial charge in [0.25, 0.3) is 5.91 Å². The molecule has 3 N–H and O–H groups in total. The minimum atomic E-state index is -0.592. The minimum Gasteiger partial charge on any atom is -0.467 e. The minimum absolute atomic E-state index is 0.152. The lowest BCUT2D eigenvalue weighted by Crippen LogP contribution is -2.60. The molecule has 0 bridgehead atoms. The van der Waals surface area contributed by atoms with E-state index in [1.54, 1.807) is 18.2 Å². The number of hydrogen-bond donors (Lipinski definition) is 3. The Labute approximate surface area is 116 Å². The number of carbonyl (C=O) groups is 2. The van der Waals surface area contributed by atoms with Crippen LogP contribution in [0.1, 0.15) is 30.1 Å². The number of carbonyl (C=O) groups excluding carboxylic acids is 2. The number of fused-ring (bicyclic) bond motifs is 1. The van der Waals surface area contributed by atoms with Gasteiger partial charge in [0.15, 0.2) is 5.72 Å². The number of nitrogens with one attached hydrogen (secondary N) is 3. The molecule has 20 heavy (non-hydrogen) atoms. The van der Waals surface area contributed by atoms with Crippen LogP contribution in [-0.4, -0.2) is 30.6 Å². The van der Waals surface area contributed by atoms with E-state index in [0.717, 1.165) is 25.9 Å². The van der Waals surface area contributed by atoms with Gasteiger partial charge in [-0.05, 0) is 18.2 Å². The van der Waals surface area contributed by atoms with Crippen molar-refractivity contribution in [3.8, 4) is 5.75 Å². The van der Waals surface area contributed by atoms with E-state index in [0.29, 0.717) is 17.0 Å². The number of anilines is 1. The summed E-state index contributed by atoms with van der Waals surface area (Å²) in [5.41, 5.74) is 0.460. The Morgan fingerprint density at radius 2 is 2.10 bits per heavy atom. The van der Waals surface area contributed by atoms with Crippen LogP contribution in [0.15, 0.2) is 18.2 Å². The van der Waals surface area contributed by atoms with Crippen molar-refractivity contribution in [2.24, 2.45) is 0 Å². The number of rotatable bonds is 1. The van der Waals surface area contributed by atoms with Crippen molar-refractivity contribution in [1.82, 2.24) is 10.6 Å². The quantitative estimate of drug-likeness (QED) is 0.710. The first-order valence-electron chi connectivity index (χ1n) is 6.72. The molecule has 0 radical (unpaired) electrons. The van der Waals surface area contributed by atoms with Crippen LogP contribution in [0.2, 0.25) is 0 Å². The third-order valence-corrected chi connectivity index (χ3v) is 3.60. The molecular formula is C14H17N3O3. The Balaban J connectivity index is 1.89. The zero-order valence-electron chi connectivity index (χ0n) is 11.3. The lowest BCUT2D eigenvalue weighted by molar-refractivity contribution is -0.114. The maximum atomic E-state index is 12.3. The van der Waals surface area contributed by atoms with Gasteiger partial charge in [0.1, 0.15) is 5.75 Å². The van der Waals surface area contributed by atoms with Gasteiger partial charge in [-0.25, -0.2) is 0 Å². The van der Waals surface area contributed by atoms with Crippen LogP contribution in [0, 0.1) is 0 Å². The van der Waals surface area contributed by atoms with E-state index < -0.39 is 5.72 Å². The second-order valence-electron chi connectivity index (χ2n) is 5.19. The van der Waals surface area contributed by atoms with Crippen molar-refractivity contribution in [1.29, 1.82) is 0 Å². The standard InChI is InChI=1S/C14H17N3O3/c1-9(18)16-10-2-3-12-11(8-10)13(19)17-14(20-12)4-6-15-7-5-14/h2-3,8,15H,4-7H2,1H3,(H,16,18)(H,17,19). The molecule has 0 saturated carbocycles. The van der Waals surface area contributed by atoms with Crippen molar-refractivity contribution in [3.63, 3.8) is 0 Å². The van der Waals surface area contributed by atoms with Crippen molar-refractivity contribution < 1.29 is 14.3 Å². The summed E-state index contributed by atoms with van der Waals surface area (Å²) in [6.45, 7) is 3.07. The lowest BCUT2D eigenvalue weighted by atomic mass is 9.98. The summed E-state index contributed by atoms with van der Waals surface area (Å²) >= 11 is 0. The zero-order chi connectivity index (χ0) is 14.2. The molecular weight excluding hydrogens is 258 g/mol. The van der Waals surface area contributed by atoms with Crippen molar-refractivity contribution in [2.75, 3.05) is 18.4 Å². The number of ether oxygens (including phenoxy) is 1. The van der Waals surface area contributed by atoms with Crippen LogP contribution in [0.4, 0.5) is 5.69 Å². The first-order chi connectivity index (χ1) is 9.58. The molecule has 0 aliphatic carbocycles. The second kappa shape index (κ2) is 4.79. The van der Waals surface area contributed by atoms with Crippen LogP contribution in [-0.2, 0) is 4.79 Å². The van der Waals surface area contributed by atoms with E-state index in [9.17, 15) is 9.59 Å². The number of amides is 2. The monoisotopic (exact) mass is 275 g/mol. The molecule has 2 amide bonds. The summed E-state index contributed by atoms with van der Waals surface area (Å²) in [5, 5.41) is 8.86. The van der Waals surface area contributed by atoms with Gasteiger partial charge < -0.3 is 20.7 Å². The molecule has 2 heterocycles. The Kier molecular flexibility index (Phi) is 3.10. The van der Waals surface area contributed by atoms with Crippen LogP contribution < -0.4 is 20.7 Å². The van der Waals surface area contributed by atoms with Crippen LogP contribution in [0.25, 0.3) is 0 Å². The molecule has 1 aromatic rings. The summed E-state index contributed by atoms with van der Waals surface area (Å²) in [5.74, 6) is 0.252. The van der Waals surface area contributed by atoms with Gasteiger partial charge in [-0.1, -0.05) is 0 Å². The van der Waals surface area contributed by atoms with Gasteiger partial charge in [0.05, 0.1) is 5.56 Å². The largest absolute Gasteiger partial charge is 0.467 e. The summed E-state index contributed by atoms with van der Waals surface area (Å²) < 4.78 is 6.01. The van der Waals surface area contributed by atoms with Gasteiger partial charge in [-0.2, -0.15) is 0 Å². The van der Waals surface area contributed by atoms with Gasteiger partial charge >= 0.3 is 0 Å². The molecule has 1 aromatic carbocycles. The summed E-state index contributed by atoms with van der Waals surface area (Å²) in [6, 6.07) is 5.12. The molecule has 3 rings (SSSR count). The summed E-state index contributed by atoms with van der Waals surface area (Å²) in [6.07, 6.45) is 1.48. The smallest absolute Gasteiger partial charge is 0.258 e. The van der Waals surface area contributed by atoms with Gasteiger partial charge in [0.2, 0.25) is 5.91 Å². The molecule has 2 aliphatic heterocycles. The molecule has 0 aromatic heterocycles. The van der Waals surface area contributed by atoms with Crippen molar-refractivity contribution >= 4 is 17.5 Å². The normalized spacial score (nSPS) is 19.8. The molecule has 2 aliphatic rings. The SMILES string of the molecule is CC(=O)Nc1ccc2c(c1)C(=O)NC1(CCNCC1)O2. The predicted octanol–water partition coefficient (Wildman–Crippen LogP) is 0.847. The van der Waals surface area contributed by atoms with Crippen LogP contribution >= 0.6 is 0 Å². The van der Waals surface area contributed by atoms with E-state index in [-0.39, 0.29) is 11.8 Å². The van der Waals surface area contributed by atoms with Gasteiger partial charge in [0, 0.05) is 38.5 Å². The average Bonchev–Trinajstić information content (AvgIpc) is 2.40. The molecule has 0 atom stereocenters. The van der Waals surface area contributed by atoms with E-state index in [2.05, 4.69) is 16.0 Å². The first-order valence-corrected chi connectivity index (χ1v) is 6.72. The molecule has 106 valence electrons. The highest BCUT2D eigenvalue weighted by Crippen LogP contribution is 2.33. The molecule has 1 fully saturated rings. The van der Waals surface area contributed by atoms with Crippen LogP contribution in [0.3, 0.4) is 0 Å². The van der Waals surface area contributed by atoms with Crippen LogP contribution in [0.5, 0.6) is 5.75 Å². The summed E-state index contributed by atoms with van der Waals surface area (Å²) in [7, 11) is 0. The van der Waals surface area contributed by atoms with E-state index >= 15 is 0 Å². The summed E-state index contributed by atoms with van der Waals surface area (Å²) in [4.78, 5) is 23.3. The highest BCUT2D eigenvalue weighted by molar-refractivity contribution is 6.00. The third-order valence-electron chi connectivity index (χ3n) is 3.60. The number of hydrogen-bond acceptors (Lipinski definition) is 4. The van der Waals surface area contributed by atoms with E-state index in [4.69, 9.17) is 4.74 Å². The maximum Gasteiger partial charge on any atom is 0.258 e. The fourth-order valence-corrected chi connectivity index (χ4v) is 2.65. The third kappa shape index (κ3) is 2.34. The van der Waals surface area contributed by atoms with Gasteiger partial charge in [-0.15, -0.1) is 0 Å². The zero-order valence-corrected chi connectivity index (χ0v) is 11.3. The second-order valence-corrected chi connectivity index (χ2v) is 5.19. The fraction of sp³-hybridized carbons (Fsp3) is 0.429. The van der Waals surface area contributed by atoms with E-state index in [1.807, 2.05) is 0 Å². The fourth-order valence-electron chi connectivity index (χ4n) is 2.65. The molecule has 6 nitrogen and oxygen atoms in total. The van der Waals surface area contributed by atoms with Gasteiger partial charge in [-0.3, -0.25) is 9.59 Å². The van der Waals surface area contributed by atoms with Crippen molar-refractivity contribution in [3.05, 3.63) is 23.8 Å². The topological polar surface area (TPSA) is 79.5 Å². The molecule has 0 unspecified atom stereocenters. The van der Waals surface area contributed by atoms with Crippen molar-refractivity contribution in [2.45, 2.75) is 25.5 Å². The number of piperidine rings is 1. The Morgan fingerprint density at radius 1 is 1.35 bits per heavy atom. The Bertz CT molecular complexity index is 565. The number of benzene rings is 1. The van der Waals surface area contributed by atoms with E-state index in [1.165, 1.54) is 6.92 Å². The Hall–Kier alpha value is -2.08. The first kappa shape index (κ1) is 12.9. The molecule has 1 saturated heterocycles.